The zero-order valence-electron chi connectivity index (χ0n) is 5.52. The summed E-state index contributed by atoms with van der Waals surface area (Å²) in [5.41, 5.74) is 0. The van der Waals surface area contributed by atoms with E-state index >= 15 is 0 Å². The fourth-order valence-corrected chi connectivity index (χ4v) is 0.798. The van der Waals surface area contributed by atoms with Crippen LogP contribution in [-0.2, 0) is 0 Å². The summed E-state index contributed by atoms with van der Waals surface area (Å²) in [5, 5.41) is 6.59. The quantitative estimate of drug-likeness (QED) is 0.554. The average molecular weight is 173 g/mol. The number of hydrogen-bond acceptors (Lipinski definition) is 2. The van der Waals surface area contributed by atoms with Crippen LogP contribution in [0, 0.1) is 0 Å². The van der Waals surface area contributed by atoms with Crippen molar-refractivity contribution in [2.45, 2.75) is 13.0 Å². The normalized spacial score (nSPS) is 25.7. The number of piperazine rings is 1. The third-order valence-corrected chi connectivity index (χ3v) is 1.25. The first-order valence-corrected chi connectivity index (χ1v) is 2.83. The molecule has 0 aliphatic carbocycles. The van der Waals surface area contributed by atoms with Crippen molar-refractivity contribution in [1.82, 2.24) is 10.6 Å². The van der Waals surface area contributed by atoms with Crippen LogP contribution in [-0.4, -0.2) is 25.7 Å². The van der Waals surface area contributed by atoms with Gasteiger partial charge in [-0.3, -0.25) is 0 Å². The van der Waals surface area contributed by atoms with E-state index in [0.29, 0.717) is 6.04 Å². The second kappa shape index (κ2) is 6.62. The third-order valence-electron chi connectivity index (χ3n) is 1.25. The van der Waals surface area contributed by atoms with Gasteiger partial charge in [-0.05, 0) is 6.92 Å². The topological polar surface area (TPSA) is 24.1 Å². The maximum atomic E-state index is 3.32. The van der Waals surface area contributed by atoms with Gasteiger partial charge in [0, 0.05) is 25.7 Å². The molecule has 1 aliphatic heterocycles. The summed E-state index contributed by atoms with van der Waals surface area (Å²) in [6.07, 6.45) is 0. The summed E-state index contributed by atoms with van der Waals surface area (Å²) in [4.78, 5) is 0. The van der Waals surface area contributed by atoms with Gasteiger partial charge in [-0.1, -0.05) is 0 Å². The lowest BCUT2D eigenvalue weighted by atomic mass is 10.3. The fraction of sp³-hybridized carbons (Fsp3) is 1.00. The van der Waals surface area contributed by atoms with E-state index < -0.39 is 0 Å². The van der Waals surface area contributed by atoms with Gasteiger partial charge in [0.1, 0.15) is 0 Å². The molecule has 1 unspecified atom stereocenters. The molecular weight excluding hydrogens is 159 g/mol. The van der Waals surface area contributed by atoms with E-state index in [9.17, 15) is 0 Å². The van der Waals surface area contributed by atoms with E-state index in [4.69, 9.17) is 0 Å². The Labute approximate surface area is 68.6 Å². The van der Waals surface area contributed by atoms with E-state index in [1.54, 1.807) is 0 Å². The van der Waals surface area contributed by atoms with E-state index in [1.807, 2.05) is 0 Å². The summed E-state index contributed by atoms with van der Waals surface area (Å²) in [7, 11) is 0. The van der Waals surface area contributed by atoms with Crippen LogP contribution in [0.25, 0.3) is 0 Å². The van der Waals surface area contributed by atoms with Gasteiger partial charge in [0.2, 0.25) is 0 Å². The smallest absolute Gasteiger partial charge is 0.0164 e. The summed E-state index contributed by atoms with van der Waals surface area (Å²) < 4.78 is 0. The molecule has 1 heterocycles. The highest BCUT2D eigenvalue weighted by atomic mass is 35.5. The number of rotatable bonds is 0. The molecule has 1 aliphatic rings. The van der Waals surface area contributed by atoms with Crippen molar-refractivity contribution in [3.05, 3.63) is 0 Å². The van der Waals surface area contributed by atoms with Gasteiger partial charge >= 0.3 is 0 Å². The maximum Gasteiger partial charge on any atom is 0.0164 e. The molecule has 0 aromatic heterocycles. The molecule has 0 saturated carbocycles. The molecule has 0 aromatic rings. The van der Waals surface area contributed by atoms with Crippen LogP contribution < -0.4 is 10.6 Å². The average Bonchev–Trinajstić information content (AvgIpc) is 1.69. The van der Waals surface area contributed by atoms with E-state index in [0.717, 1.165) is 19.6 Å². The molecule has 0 radical (unpaired) electrons. The van der Waals surface area contributed by atoms with Crippen molar-refractivity contribution >= 4 is 24.8 Å². The molecule has 58 valence electrons. The standard InChI is InChI=1S/C5H12N2.2ClH/c1-5-4-6-2-3-7-5;;/h5-7H,2-4H2,1H3;2*1H. The van der Waals surface area contributed by atoms with Gasteiger partial charge in [0.15, 0.2) is 0 Å². The Morgan fingerprint density at radius 2 is 1.89 bits per heavy atom. The summed E-state index contributed by atoms with van der Waals surface area (Å²) >= 11 is 0. The Balaban J connectivity index is 0. The van der Waals surface area contributed by atoms with Crippen LogP contribution in [0.15, 0.2) is 0 Å². The molecule has 4 heteroatoms. The lowest BCUT2D eigenvalue weighted by Gasteiger charge is -2.19. The van der Waals surface area contributed by atoms with Gasteiger partial charge in [0.25, 0.3) is 0 Å². The minimum absolute atomic E-state index is 0. The van der Waals surface area contributed by atoms with E-state index in [-0.39, 0.29) is 24.8 Å². The van der Waals surface area contributed by atoms with Gasteiger partial charge in [-0.2, -0.15) is 0 Å². The molecule has 0 aromatic carbocycles. The first-order chi connectivity index (χ1) is 3.39. The molecule has 9 heavy (non-hydrogen) atoms. The second-order valence-electron chi connectivity index (χ2n) is 2.06. The minimum atomic E-state index is 0. The first kappa shape index (κ1) is 12.2. The second-order valence-corrected chi connectivity index (χ2v) is 2.06. The Morgan fingerprint density at radius 1 is 1.22 bits per heavy atom. The molecule has 0 amide bonds. The Morgan fingerprint density at radius 3 is 2.11 bits per heavy atom. The zero-order chi connectivity index (χ0) is 5.11. The van der Waals surface area contributed by atoms with Gasteiger partial charge in [0.05, 0.1) is 0 Å². The van der Waals surface area contributed by atoms with Crippen LogP contribution in [0.4, 0.5) is 0 Å². The molecule has 1 atom stereocenters. The Kier molecular flexibility index (Phi) is 8.97. The van der Waals surface area contributed by atoms with Crippen molar-refractivity contribution in [2.75, 3.05) is 19.6 Å². The van der Waals surface area contributed by atoms with Gasteiger partial charge in [-0.25, -0.2) is 0 Å². The fourth-order valence-electron chi connectivity index (χ4n) is 0.798. The van der Waals surface area contributed by atoms with Crippen molar-refractivity contribution in [2.24, 2.45) is 0 Å². The van der Waals surface area contributed by atoms with Crippen LogP contribution in [0.5, 0.6) is 0 Å². The monoisotopic (exact) mass is 172 g/mol. The van der Waals surface area contributed by atoms with Gasteiger partial charge in [-0.15, -0.1) is 24.8 Å². The van der Waals surface area contributed by atoms with Crippen molar-refractivity contribution < 1.29 is 0 Å². The Hall–Kier alpha value is 0.500. The lowest BCUT2D eigenvalue weighted by Crippen LogP contribution is -2.46. The lowest BCUT2D eigenvalue weighted by molar-refractivity contribution is 0.442. The summed E-state index contributed by atoms with van der Waals surface area (Å²) in [6.45, 7) is 5.57. The van der Waals surface area contributed by atoms with Crippen LogP contribution in [0.1, 0.15) is 6.92 Å². The van der Waals surface area contributed by atoms with Crippen LogP contribution in [0.2, 0.25) is 0 Å². The highest BCUT2D eigenvalue weighted by Gasteiger charge is 2.03. The summed E-state index contributed by atoms with van der Waals surface area (Å²) in [5.74, 6) is 0. The number of halogens is 2. The molecule has 2 nitrogen and oxygen atoms in total. The predicted octanol–water partition coefficient (Wildman–Crippen LogP) is 0.411. The van der Waals surface area contributed by atoms with Crippen LogP contribution >= 0.6 is 24.8 Å². The van der Waals surface area contributed by atoms with Crippen molar-refractivity contribution in [1.29, 1.82) is 0 Å². The number of hydrogen-bond donors (Lipinski definition) is 2. The molecule has 1 fully saturated rings. The predicted molar refractivity (Wildman–Crippen MR) is 44.8 cm³/mol. The zero-order valence-corrected chi connectivity index (χ0v) is 7.15. The first-order valence-electron chi connectivity index (χ1n) is 2.83. The number of nitrogens with one attached hydrogen (secondary N) is 2. The molecular formula is C5H14Cl2N2. The van der Waals surface area contributed by atoms with Crippen molar-refractivity contribution in [3.8, 4) is 0 Å². The molecule has 0 spiro atoms. The van der Waals surface area contributed by atoms with E-state index in [2.05, 4.69) is 17.6 Å². The van der Waals surface area contributed by atoms with Gasteiger partial charge < -0.3 is 10.6 Å². The molecule has 0 bridgehead atoms. The molecule has 2 N–H and O–H groups in total. The molecule has 1 saturated heterocycles. The summed E-state index contributed by atoms with van der Waals surface area (Å²) in [6, 6.07) is 0.675. The maximum absolute atomic E-state index is 3.32. The van der Waals surface area contributed by atoms with Crippen LogP contribution in [0.3, 0.4) is 0 Å². The molecule has 1 rings (SSSR count). The Bertz CT molecular complexity index is 54.9. The highest BCUT2D eigenvalue weighted by Crippen LogP contribution is 1.80. The SMILES string of the molecule is CC1CNCCN1.Cl.Cl. The largest absolute Gasteiger partial charge is 0.314 e. The minimum Gasteiger partial charge on any atom is -0.314 e. The van der Waals surface area contributed by atoms with E-state index in [1.165, 1.54) is 0 Å². The highest BCUT2D eigenvalue weighted by molar-refractivity contribution is 5.85. The third kappa shape index (κ3) is 4.97. The van der Waals surface area contributed by atoms with Crippen molar-refractivity contribution in [3.63, 3.8) is 0 Å².